The van der Waals surface area contributed by atoms with Gasteiger partial charge in [-0.15, -0.1) is 0 Å². The maximum Gasteiger partial charge on any atom is 0.193 e. The molecule has 0 amide bonds. The van der Waals surface area contributed by atoms with Gasteiger partial charge in [-0.3, -0.25) is 4.99 Å². The second-order valence-electron chi connectivity index (χ2n) is 6.72. The number of benzene rings is 1. The smallest absolute Gasteiger partial charge is 0.193 e. The predicted molar refractivity (Wildman–Crippen MR) is 90.9 cm³/mol. The summed E-state index contributed by atoms with van der Waals surface area (Å²) in [5.74, 6) is 0.908. The van der Waals surface area contributed by atoms with Crippen molar-refractivity contribution in [1.82, 2.24) is 0 Å². The van der Waals surface area contributed by atoms with E-state index in [1.165, 1.54) is 5.56 Å². The fourth-order valence-corrected chi connectivity index (χ4v) is 2.05. The van der Waals surface area contributed by atoms with Gasteiger partial charge >= 0.3 is 0 Å². The molecule has 0 radical (unpaired) electrons. The molecule has 0 aromatic heterocycles. The van der Waals surface area contributed by atoms with Gasteiger partial charge in [-0.05, 0) is 29.0 Å². The number of rotatable bonds is 5. The molecule has 1 aromatic carbocycles. The first-order chi connectivity index (χ1) is 9.74. The number of nitrogens with zero attached hydrogens (tertiary/aromatic N) is 1. The number of nitrogens with two attached hydrogens (primary N) is 1. The molecule has 1 unspecified atom stereocenters. The summed E-state index contributed by atoms with van der Waals surface area (Å²) in [6.07, 6.45) is 0.0415. The van der Waals surface area contributed by atoms with E-state index in [2.05, 4.69) is 57.1 Å². The van der Waals surface area contributed by atoms with Gasteiger partial charge in [0.15, 0.2) is 5.96 Å². The van der Waals surface area contributed by atoms with Crippen LogP contribution in [-0.4, -0.2) is 25.7 Å². The topological polar surface area (TPSA) is 59.6 Å². The minimum absolute atomic E-state index is 0.0378. The lowest BCUT2D eigenvalue weighted by Crippen LogP contribution is -2.33. The quantitative estimate of drug-likeness (QED) is 0.643. The molecule has 1 rings (SSSR count). The van der Waals surface area contributed by atoms with Crippen LogP contribution in [0.2, 0.25) is 0 Å². The van der Waals surface area contributed by atoms with Crippen LogP contribution in [0.25, 0.3) is 0 Å². The van der Waals surface area contributed by atoms with Gasteiger partial charge < -0.3 is 15.8 Å². The lowest BCUT2D eigenvalue weighted by atomic mass is 9.89. The Bertz CT molecular complexity index is 475. The van der Waals surface area contributed by atoms with Crippen molar-refractivity contribution in [3.8, 4) is 0 Å². The maximum absolute atomic E-state index is 5.96. The fraction of sp³-hybridized carbons (Fsp3) is 0.588. The molecule has 4 heteroatoms. The van der Waals surface area contributed by atoms with Crippen LogP contribution >= 0.6 is 0 Å². The average molecular weight is 291 g/mol. The number of anilines is 1. The van der Waals surface area contributed by atoms with Crippen molar-refractivity contribution in [2.75, 3.05) is 19.0 Å². The van der Waals surface area contributed by atoms with Crippen LogP contribution in [0.4, 0.5) is 5.69 Å². The summed E-state index contributed by atoms with van der Waals surface area (Å²) in [4.78, 5) is 4.39. The molecule has 0 saturated carbocycles. The van der Waals surface area contributed by atoms with Crippen LogP contribution in [0.15, 0.2) is 29.3 Å². The SMILES string of the molecule is COC(CN=C(N)Nc1cccc(C(C)C)c1)C(C)(C)C. The lowest BCUT2D eigenvalue weighted by molar-refractivity contribution is 0.0242. The summed E-state index contributed by atoms with van der Waals surface area (Å²) < 4.78 is 5.48. The monoisotopic (exact) mass is 291 g/mol. The third kappa shape index (κ3) is 5.76. The van der Waals surface area contributed by atoms with E-state index in [-0.39, 0.29) is 11.5 Å². The van der Waals surface area contributed by atoms with E-state index in [0.717, 1.165) is 5.69 Å². The van der Waals surface area contributed by atoms with Gasteiger partial charge in [-0.25, -0.2) is 0 Å². The first-order valence-corrected chi connectivity index (χ1v) is 7.43. The van der Waals surface area contributed by atoms with Crippen molar-refractivity contribution in [2.45, 2.75) is 46.6 Å². The largest absolute Gasteiger partial charge is 0.379 e. The van der Waals surface area contributed by atoms with Gasteiger partial charge in [0.2, 0.25) is 0 Å². The van der Waals surface area contributed by atoms with Crippen molar-refractivity contribution >= 4 is 11.6 Å². The van der Waals surface area contributed by atoms with E-state index in [0.29, 0.717) is 18.4 Å². The van der Waals surface area contributed by atoms with Gasteiger partial charge in [0.05, 0.1) is 12.6 Å². The minimum atomic E-state index is 0.0378. The standard InChI is InChI=1S/C17H29N3O/c1-12(2)13-8-7-9-14(10-13)20-16(18)19-11-15(21-6)17(3,4)5/h7-10,12,15H,11H2,1-6H3,(H3,18,19,20). The molecule has 0 aliphatic rings. The Morgan fingerprint density at radius 2 is 2.00 bits per heavy atom. The fourth-order valence-electron chi connectivity index (χ4n) is 2.05. The molecule has 0 fully saturated rings. The third-order valence-corrected chi connectivity index (χ3v) is 3.50. The molecular formula is C17H29N3O. The maximum atomic E-state index is 5.96. The van der Waals surface area contributed by atoms with Crippen molar-refractivity contribution in [3.05, 3.63) is 29.8 Å². The second kappa shape index (κ2) is 7.46. The van der Waals surface area contributed by atoms with Crippen molar-refractivity contribution in [3.63, 3.8) is 0 Å². The number of hydrogen-bond donors (Lipinski definition) is 2. The number of hydrogen-bond acceptors (Lipinski definition) is 2. The minimum Gasteiger partial charge on any atom is -0.379 e. The Morgan fingerprint density at radius 3 is 2.52 bits per heavy atom. The molecule has 4 nitrogen and oxygen atoms in total. The first kappa shape index (κ1) is 17.5. The number of guanidine groups is 1. The van der Waals surface area contributed by atoms with Gasteiger partial charge in [-0.2, -0.15) is 0 Å². The van der Waals surface area contributed by atoms with E-state index >= 15 is 0 Å². The highest BCUT2D eigenvalue weighted by Gasteiger charge is 2.23. The van der Waals surface area contributed by atoms with Crippen LogP contribution in [0.1, 0.15) is 46.1 Å². The summed E-state index contributed by atoms with van der Waals surface area (Å²) in [5, 5.41) is 3.14. The van der Waals surface area contributed by atoms with Crippen LogP contribution in [0.5, 0.6) is 0 Å². The molecule has 0 aliphatic carbocycles. The molecule has 1 aromatic rings. The highest BCUT2D eigenvalue weighted by atomic mass is 16.5. The molecule has 0 saturated heterocycles. The Balaban J connectivity index is 2.70. The van der Waals surface area contributed by atoms with Crippen LogP contribution < -0.4 is 11.1 Å². The van der Waals surface area contributed by atoms with Crippen LogP contribution in [-0.2, 0) is 4.74 Å². The highest BCUT2D eigenvalue weighted by molar-refractivity contribution is 5.92. The number of ether oxygens (including phenoxy) is 1. The van der Waals surface area contributed by atoms with E-state index in [4.69, 9.17) is 10.5 Å². The van der Waals surface area contributed by atoms with Gasteiger partial charge in [0, 0.05) is 12.8 Å². The second-order valence-corrected chi connectivity index (χ2v) is 6.72. The molecule has 1 atom stereocenters. The molecule has 0 spiro atoms. The van der Waals surface area contributed by atoms with E-state index in [9.17, 15) is 0 Å². The molecule has 21 heavy (non-hydrogen) atoms. The Morgan fingerprint density at radius 1 is 1.33 bits per heavy atom. The average Bonchev–Trinajstić information content (AvgIpc) is 2.38. The predicted octanol–water partition coefficient (Wildman–Crippen LogP) is 3.60. The zero-order valence-corrected chi connectivity index (χ0v) is 14.1. The highest BCUT2D eigenvalue weighted by Crippen LogP contribution is 2.22. The van der Waals surface area contributed by atoms with Crippen molar-refractivity contribution in [1.29, 1.82) is 0 Å². The summed E-state index contributed by atoms with van der Waals surface area (Å²) in [7, 11) is 1.71. The Hall–Kier alpha value is -1.55. The summed E-state index contributed by atoms with van der Waals surface area (Å²) in [6, 6.07) is 8.23. The van der Waals surface area contributed by atoms with Gasteiger partial charge in [0.25, 0.3) is 0 Å². The van der Waals surface area contributed by atoms with E-state index < -0.39 is 0 Å². The zero-order valence-electron chi connectivity index (χ0n) is 14.1. The van der Waals surface area contributed by atoms with Crippen LogP contribution in [0, 0.1) is 5.41 Å². The van der Waals surface area contributed by atoms with Crippen LogP contribution in [0.3, 0.4) is 0 Å². The lowest BCUT2D eigenvalue weighted by Gasteiger charge is -2.27. The first-order valence-electron chi connectivity index (χ1n) is 7.43. The van der Waals surface area contributed by atoms with Crippen molar-refractivity contribution in [2.24, 2.45) is 16.1 Å². The van der Waals surface area contributed by atoms with E-state index in [1.807, 2.05) is 12.1 Å². The molecule has 0 bridgehead atoms. The van der Waals surface area contributed by atoms with E-state index in [1.54, 1.807) is 7.11 Å². The molecule has 118 valence electrons. The third-order valence-electron chi connectivity index (χ3n) is 3.50. The molecule has 0 heterocycles. The zero-order chi connectivity index (χ0) is 16.0. The Kier molecular flexibility index (Phi) is 6.21. The molecule has 3 N–H and O–H groups in total. The summed E-state index contributed by atoms with van der Waals surface area (Å²) in [5.41, 5.74) is 8.24. The number of aliphatic imine (C=N–C) groups is 1. The van der Waals surface area contributed by atoms with Crippen molar-refractivity contribution < 1.29 is 4.74 Å². The number of methoxy groups -OCH3 is 1. The summed E-state index contributed by atoms with van der Waals surface area (Å²) in [6.45, 7) is 11.3. The summed E-state index contributed by atoms with van der Waals surface area (Å²) >= 11 is 0. The van der Waals surface area contributed by atoms with Gasteiger partial charge in [-0.1, -0.05) is 46.8 Å². The normalized spacial score (nSPS) is 14.3. The number of nitrogens with one attached hydrogen (secondary N) is 1. The van der Waals surface area contributed by atoms with Gasteiger partial charge in [0.1, 0.15) is 0 Å². The molecule has 0 aliphatic heterocycles. The Labute approximate surface area is 128 Å². The molecular weight excluding hydrogens is 262 g/mol.